The molecule has 0 bridgehead atoms. The third-order valence-electron chi connectivity index (χ3n) is 3.28. The van der Waals surface area contributed by atoms with Gasteiger partial charge < -0.3 is 10.6 Å². The summed E-state index contributed by atoms with van der Waals surface area (Å²) in [5.41, 5.74) is 1.20. The van der Waals surface area contributed by atoms with E-state index in [1.54, 1.807) is 11.3 Å². The summed E-state index contributed by atoms with van der Waals surface area (Å²) in [4.78, 5) is 17.8. The van der Waals surface area contributed by atoms with Crippen molar-refractivity contribution in [2.45, 2.75) is 39.0 Å². The van der Waals surface area contributed by atoms with Gasteiger partial charge in [-0.25, -0.2) is 4.98 Å². The van der Waals surface area contributed by atoms with Crippen LogP contribution in [0, 0.1) is 5.92 Å². The molecule has 1 aromatic heterocycles. The van der Waals surface area contributed by atoms with Crippen molar-refractivity contribution in [3.63, 3.8) is 0 Å². The molecule has 1 unspecified atom stereocenters. The fraction of sp³-hybridized carbons (Fsp3) is 0.692. The molecule has 0 saturated heterocycles. The standard InChI is InChI=1S/C13H21N3OS/c1-9(8-14-2)12(17)16-13-15-10-6-4-3-5-7-11(10)18-13/h9,14H,3-8H2,1-2H3,(H,15,16,17). The molecule has 1 aliphatic carbocycles. The Hall–Kier alpha value is -0.940. The Morgan fingerprint density at radius 2 is 2.17 bits per heavy atom. The maximum Gasteiger partial charge on any atom is 0.230 e. The van der Waals surface area contributed by atoms with E-state index in [2.05, 4.69) is 15.6 Å². The zero-order valence-corrected chi connectivity index (χ0v) is 11.9. The first-order chi connectivity index (χ1) is 8.70. The molecule has 5 heteroatoms. The summed E-state index contributed by atoms with van der Waals surface area (Å²) in [5, 5.41) is 6.72. The Kier molecular flexibility index (Phi) is 4.72. The van der Waals surface area contributed by atoms with Gasteiger partial charge in [0.25, 0.3) is 0 Å². The molecule has 0 spiro atoms. The van der Waals surface area contributed by atoms with E-state index in [4.69, 9.17) is 0 Å². The molecule has 1 heterocycles. The highest BCUT2D eigenvalue weighted by molar-refractivity contribution is 7.15. The number of hydrogen-bond donors (Lipinski definition) is 2. The molecule has 0 radical (unpaired) electrons. The van der Waals surface area contributed by atoms with Crippen LogP contribution in [0.25, 0.3) is 0 Å². The van der Waals surface area contributed by atoms with Gasteiger partial charge in [0.15, 0.2) is 5.13 Å². The lowest BCUT2D eigenvalue weighted by atomic mass is 10.2. The Labute approximate surface area is 112 Å². The summed E-state index contributed by atoms with van der Waals surface area (Å²) in [7, 11) is 1.86. The number of amides is 1. The Morgan fingerprint density at radius 3 is 2.94 bits per heavy atom. The second-order valence-corrected chi connectivity index (χ2v) is 5.98. The smallest absolute Gasteiger partial charge is 0.230 e. The average Bonchev–Trinajstić information content (AvgIpc) is 2.59. The Bertz CT molecular complexity index is 393. The normalized spacial score (nSPS) is 16.8. The molecule has 18 heavy (non-hydrogen) atoms. The molecule has 0 aliphatic heterocycles. The fourth-order valence-electron chi connectivity index (χ4n) is 2.21. The highest BCUT2D eigenvalue weighted by Crippen LogP contribution is 2.29. The Balaban J connectivity index is 2.00. The van der Waals surface area contributed by atoms with E-state index in [-0.39, 0.29) is 11.8 Å². The molecule has 1 amide bonds. The van der Waals surface area contributed by atoms with Gasteiger partial charge in [-0.2, -0.15) is 0 Å². The van der Waals surface area contributed by atoms with Gasteiger partial charge in [0, 0.05) is 17.3 Å². The van der Waals surface area contributed by atoms with Crippen LogP contribution < -0.4 is 10.6 Å². The summed E-state index contributed by atoms with van der Waals surface area (Å²) in [5.74, 6) is 0.0203. The van der Waals surface area contributed by atoms with E-state index in [1.807, 2.05) is 14.0 Å². The number of nitrogens with zero attached hydrogens (tertiary/aromatic N) is 1. The number of hydrogen-bond acceptors (Lipinski definition) is 4. The number of aromatic nitrogens is 1. The van der Waals surface area contributed by atoms with Crippen molar-refractivity contribution >= 4 is 22.4 Å². The van der Waals surface area contributed by atoms with Crippen LogP contribution in [0.4, 0.5) is 5.13 Å². The number of thiazole rings is 1. The van der Waals surface area contributed by atoms with Gasteiger partial charge >= 0.3 is 0 Å². The first-order valence-electron chi connectivity index (χ1n) is 6.64. The van der Waals surface area contributed by atoms with E-state index in [0.717, 1.165) is 18.0 Å². The topological polar surface area (TPSA) is 54.0 Å². The first-order valence-corrected chi connectivity index (χ1v) is 7.46. The molecule has 1 aliphatic rings. The predicted octanol–water partition coefficient (Wildman–Crippen LogP) is 2.21. The van der Waals surface area contributed by atoms with Crippen LogP contribution in [0.2, 0.25) is 0 Å². The third kappa shape index (κ3) is 3.29. The largest absolute Gasteiger partial charge is 0.319 e. The van der Waals surface area contributed by atoms with Crippen LogP contribution >= 0.6 is 11.3 Å². The number of carbonyl (C=O) groups is 1. The van der Waals surface area contributed by atoms with E-state index in [1.165, 1.54) is 29.8 Å². The maximum atomic E-state index is 11.9. The first kappa shape index (κ1) is 13.5. The quantitative estimate of drug-likeness (QED) is 0.822. The van der Waals surface area contributed by atoms with Crippen molar-refractivity contribution in [2.24, 2.45) is 5.92 Å². The minimum Gasteiger partial charge on any atom is -0.319 e. The van der Waals surface area contributed by atoms with Crippen LogP contribution in [0.1, 0.15) is 36.8 Å². The number of rotatable bonds is 4. The number of aryl methyl sites for hydroxylation is 2. The van der Waals surface area contributed by atoms with Gasteiger partial charge in [0.05, 0.1) is 5.69 Å². The van der Waals surface area contributed by atoms with Gasteiger partial charge in [-0.15, -0.1) is 11.3 Å². The third-order valence-corrected chi connectivity index (χ3v) is 4.36. The lowest BCUT2D eigenvalue weighted by Crippen LogP contribution is -2.28. The van der Waals surface area contributed by atoms with Crippen molar-refractivity contribution in [2.75, 3.05) is 18.9 Å². The summed E-state index contributed by atoms with van der Waals surface area (Å²) in [6, 6.07) is 0. The molecular formula is C13H21N3OS. The van der Waals surface area contributed by atoms with Crippen molar-refractivity contribution < 1.29 is 4.79 Å². The van der Waals surface area contributed by atoms with Crippen LogP contribution in [0.3, 0.4) is 0 Å². The summed E-state index contributed by atoms with van der Waals surface area (Å²) < 4.78 is 0. The van der Waals surface area contributed by atoms with Crippen LogP contribution in [0.15, 0.2) is 0 Å². The summed E-state index contributed by atoms with van der Waals surface area (Å²) >= 11 is 1.65. The summed E-state index contributed by atoms with van der Waals surface area (Å²) in [6.45, 7) is 2.61. The van der Waals surface area contributed by atoms with Gasteiger partial charge in [0.1, 0.15) is 0 Å². The maximum absolute atomic E-state index is 11.9. The van der Waals surface area contributed by atoms with Crippen LogP contribution in [-0.4, -0.2) is 24.5 Å². The van der Waals surface area contributed by atoms with Crippen molar-refractivity contribution in [1.29, 1.82) is 0 Å². The fourth-order valence-corrected chi connectivity index (χ4v) is 3.26. The molecule has 4 nitrogen and oxygen atoms in total. The van der Waals surface area contributed by atoms with E-state index < -0.39 is 0 Å². The molecule has 1 atom stereocenters. The minimum atomic E-state index is -0.0290. The second kappa shape index (κ2) is 6.29. The highest BCUT2D eigenvalue weighted by Gasteiger charge is 2.17. The van der Waals surface area contributed by atoms with Crippen molar-refractivity contribution in [1.82, 2.24) is 10.3 Å². The van der Waals surface area contributed by atoms with Gasteiger partial charge in [-0.1, -0.05) is 13.3 Å². The number of anilines is 1. The van der Waals surface area contributed by atoms with Gasteiger partial charge in [-0.05, 0) is 32.7 Å². The lowest BCUT2D eigenvalue weighted by Gasteiger charge is -2.09. The minimum absolute atomic E-state index is 0.0290. The van der Waals surface area contributed by atoms with E-state index in [9.17, 15) is 4.79 Å². The van der Waals surface area contributed by atoms with Crippen molar-refractivity contribution in [3.8, 4) is 0 Å². The molecule has 0 aromatic carbocycles. The number of nitrogens with one attached hydrogen (secondary N) is 2. The molecular weight excluding hydrogens is 246 g/mol. The molecule has 2 rings (SSSR count). The number of carbonyl (C=O) groups excluding carboxylic acids is 1. The zero-order valence-electron chi connectivity index (χ0n) is 11.1. The number of fused-ring (bicyclic) bond motifs is 1. The van der Waals surface area contributed by atoms with Crippen LogP contribution in [-0.2, 0) is 17.6 Å². The average molecular weight is 267 g/mol. The van der Waals surface area contributed by atoms with E-state index >= 15 is 0 Å². The molecule has 100 valence electrons. The van der Waals surface area contributed by atoms with Gasteiger partial charge in [0.2, 0.25) is 5.91 Å². The highest BCUT2D eigenvalue weighted by atomic mass is 32.1. The van der Waals surface area contributed by atoms with Crippen molar-refractivity contribution in [3.05, 3.63) is 10.6 Å². The monoisotopic (exact) mass is 267 g/mol. The zero-order chi connectivity index (χ0) is 13.0. The van der Waals surface area contributed by atoms with Crippen LogP contribution in [0.5, 0.6) is 0 Å². The Morgan fingerprint density at radius 1 is 1.39 bits per heavy atom. The van der Waals surface area contributed by atoms with E-state index in [0.29, 0.717) is 6.54 Å². The molecule has 0 fully saturated rings. The molecule has 1 aromatic rings. The second-order valence-electron chi connectivity index (χ2n) is 4.90. The SMILES string of the molecule is CNCC(C)C(=O)Nc1nc2c(s1)CCCCC2. The lowest BCUT2D eigenvalue weighted by molar-refractivity contribution is -0.119. The summed E-state index contributed by atoms with van der Waals surface area (Å²) in [6.07, 6.45) is 5.95. The molecule has 2 N–H and O–H groups in total. The molecule has 0 saturated carbocycles. The predicted molar refractivity (Wildman–Crippen MR) is 75.1 cm³/mol. The van der Waals surface area contributed by atoms with Gasteiger partial charge in [-0.3, -0.25) is 4.79 Å².